The van der Waals surface area contributed by atoms with E-state index in [4.69, 9.17) is 0 Å². The van der Waals surface area contributed by atoms with Gasteiger partial charge in [-0.05, 0) is 42.9 Å². The number of halogens is 2. The maximum absolute atomic E-state index is 15.2. The fourth-order valence-corrected chi connectivity index (χ4v) is 4.24. The molecule has 2 atom stereocenters. The van der Waals surface area contributed by atoms with E-state index in [0.717, 1.165) is 23.9 Å². The van der Waals surface area contributed by atoms with E-state index >= 15 is 8.78 Å². The third kappa shape index (κ3) is 4.86. The second-order valence-corrected chi connectivity index (χ2v) is 8.55. The Morgan fingerprint density at radius 1 is 1.21 bits per heavy atom. The van der Waals surface area contributed by atoms with Gasteiger partial charge in [-0.1, -0.05) is 27.7 Å². The summed E-state index contributed by atoms with van der Waals surface area (Å²) >= 11 is 0. The molecule has 0 saturated heterocycles. The Kier molecular flexibility index (Phi) is 8.29. The van der Waals surface area contributed by atoms with Crippen molar-refractivity contribution in [1.29, 1.82) is 0 Å². The normalized spacial score (nSPS) is 19.2. The first kappa shape index (κ1) is 24.3. The van der Waals surface area contributed by atoms with Crippen LogP contribution in [0.2, 0.25) is 0 Å². The number of rotatable bonds is 5. The van der Waals surface area contributed by atoms with E-state index in [9.17, 15) is 5.41 Å². The first-order valence-corrected chi connectivity index (χ1v) is 10.00. The minimum Gasteiger partial charge on any atom is -0.862 e. The molecule has 1 radical (unpaired) electrons. The quantitative estimate of drug-likeness (QED) is 0.396. The van der Waals surface area contributed by atoms with Gasteiger partial charge in [-0.15, -0.1) is 29.3 Å². The molecular weight excluding hydrogens is 443 g/mol. The molecule has 0 unspecified atom stereocenters. The van der Waals surface area contributed by atoms with Gasteiger partial charge in [0.1, 0.15) is 11.6 Å². The molecule has 2 aromatic rings. The Bertz CT molecular complexity index is 856. The molecule has 0 saturated carbocycles. The van der Waals surface area contributed by atoms with Gasteiger partial charge in [0, 0.05) is 56.9 Å². The van der Waals surface area contributed by atoms with Crippen LogP contribution in [0.15, 0.2) is 24.3 Å². The molecule has 3 rings (SSSR count). The van der Waals surface area contributed by atoms with Crippen LogP contribution in [-0.2, 0) is 39.1 Å². The molecule has 2 aromatic carbocycles. The van der Waals surface area contributed by atoms with Crippen LogP contribution in [0, 0.1) is 23.6 Å². The maximum Gasteiger partial charge on any atom is 0.131 e. The van der Waals surface area contributed by atoms with Crippen LogP contribution in [0.4, 0.5) is 8.78 Å². The first-order chi connectivity index (χ1) is 13.2. The van der Waals surface area contributed by atoms with Gasteiger partial charge < -0.3 is 5.41 Å². The third-order valence-electron chi connectivity index (χ3n) is 5.61. The Labute approximate surface area is 198 Å². The van der Waals surface area contributed by atoms with Gasteiger partial charge in [-0.25, -0.2) is 8.78 Å². The molecule has 0 N–H and O–H groups in total. The molecule has 0 aliphatic carbocycles. The molecule has 0 fully saturated rings. The van der Waals surface area contributed by atoms with Crippen LogP contribution in [-0.4, -0.2) is 23.7 Å². The van der Waals surface area contributed by atoms with Crippen molar-refractivity contribution in [1.82, 2.24) is 4.90 Å². The van der Waals surface area contributed by atoms with Gasteiger partial charge in [-0.2, -0.15) is 5.56 Å². The van der Waals surface area contributed by atoms with Gasteiger partial charge in [0.2, 0.25) is 0 Å². The number of hydrogen-bond donors (Lipinski definition) is 0. The minimum absolute atomic E-state index is 0. The molecule has 0 amide bonds. The number of hydrogen-bond acceptors (Lipinski definition) is 1. The Balaban J connectivity index is 0.00000300. The van der Waals surface area contributed by atoms with Gasteiger partial charge in [0.25, 0.3) is 0 Å². The fourth-order valence-electron chi connectivity index (χ4n) is 4.24. The van der Waals surface area contributed by atoms with E-state index in [1.54, 1.807) is 6.07 Å². The fraction of sp³-hybridized carbons (Fsp3) is 0.458. The molecule has 29 heavy (non-hydrogen) atoms. The SMILES string of the molecule is CC(C)CN1[C@H](c2c(F)cc(C(C)C)cc2F)c2cc[c-]c(C=[N-])c2C[C@H]1C.[Y]. The van der Waals surface area contributed by atoms with Crippen LogP contribution in [0.1, 0.15) is 74.4 Å². The molecule has 1 heterocycles. The topological polar surface area (TPSA) is 25.5 Å². The molecule has 0 spiro atoms. The van der Waals surface area contributed by atoms with E-state index in [1.807, 2.05) is 19.9 Å². The van der Waals surface area contributed by atoms with Crippen molar-refractivity contribution in [3.05, 3.63) is 75.2 Å². The standard InChI is InChI=1S/C24H28F2N2.Y/c1-14(2)13-28-16(5)9-20-17(12-27)7-6-8-19(20)24(28)23-21(25)10-18(15(3)4)11-22(23)26;/h6,8,10-12,14-16,24H,9,13H2,1-5H3;/q-2;/t16-,24+;/m1./s1. The van der Waals surface area contributed by atoms with Crippen molar-refractivity contribution in [3.8, 4) is 0 Å². The zero-order valence-corrected chi connectivity index (χ0v) is 20.7. The summed E-state index contributed by atoms with van der Waals surface area (Å²) in [6, 6.07) is 9.10. The van der Waals surface area contributed by atoms with E-state index < -0.39 is 17.7 Å². The second-order valence-electron chi connectivity index (χ2n) is 8.55. The van der Waals surface area contributed by atoms with E-state index in [0.29, 0.717) is 23.5 Å². The number of fused-ring (bicyclic) bond motifs is 1. The van der Waals surface area contributed by atoms with Crippen molar-refractivity contribution in [2.75, 3.05) is 6.54 Å². The van der Waals surface area contributed by atoms with Crippen LogP contribution >= 0.6 is 0 Å². The summed E-state index contributed by atoms with van der Waals surface area (Å²) in [6.45, 7) is 10.9. The Hall–Kier alpha value is -0.966. The number of nitrogens with zero attached hydrogens (tertiary/aromatic N) is 2. The van der Waals surface area contributed by atoms with Gasteiger partial charge in [0.05, 0.1) is 0 Å². The number of benzene rings is 2. The summed E-state index contributed by atoms with van der Waals surface area (Å²) < 4.78 is 30.5. The summed E-state index contributed by atoms with van der Waals surface area (Å²) in [6.07, 6.45) is 1.74. The summed E-state index contributed by atoms with van der Waals surface area (Å²) in [5.41, 5.74) is 3.09. The van der Waals surface area contributed by atoms with Crippen molar-refractivity contribution >= 4 is 6.21 Å². The molecule has 0 bridgehead atoms. The minimum atomic E-state index is -0.532. The van der Waals surface area contributed by atoms with Crippen molar-refractivity contribution in [2.24, 2.45) is 5.92 Å². The monoisotopic (exact) mass is 471 g/mol. The Morgan fingerprint density at radius 3 is 2.34 bits per heavy atom. The Morgan fingerprint density at radius 2 is 1.83 bits per heavy atom. The summed E-state index contributed by atoms with van der Waals surface area (Å²) in [4.78, 5) is 2.19. The summed E-state index contributed by atoms with van der Waals surface area (Å²) in [5.74, 6) is -0.617. The van der Waals surface area contributed by atoms with Crippen LogP contribution in [0.3, 0.4) is 0 Å². The van der Waals surface area contributed by atoms with Crippen molar-refractivity contribution in [2.45, 2.75) is 59.0 Å². The van der Waals surface area contributed by atoms with E-state index in [1.165, 1.54) is 12.1 Å². The first-order valence-electron chi connectivity index (χ1n) is 10.00. The third-order valence-corrected chi connectivity index (χ3v) is 5.61. The smallest absolute Gasteiger partial charge is 0.131 e. The van der Waals surface area contributed by atoms with Crippen LogP contribution in [0.25, 0.3) is 5.41 Å². The van der Waals surface area contributed by atoms with Crippen molar-refractivity contribution < 1.29 is 41.5 Å². The molecule has 1 aliphatic heterocycles. The average molecular weight is 471 g/mol. The molecule has 2 nitrogen and oxygen atoms in total. The molecule has 153 valence electrons. The molecule has 5 heteroatoms. The maximum atomic E-state index is 15.2. The average Bonchev–Trinajstić information content (AvgIpc) is 2.62. The molecule has 1 aliphatic rings. The van der Waals surface area contributed by atoms with Gasteiger partial charge >= 0.3 is 0 Å². The second kappa shape index (κ2) is 9.89. The predicted molar refractivity (Wildman–Crippen MR) is 111 cm³/mol. The zero-order valence-electron chi connectivity index (χ0n) is 17.8. The molecule has 0 aromatic heterocycles. The van der Waals surface area contributed by atoms with Gasteiger partial charge in [0.15, 0.2) is 0 Å². The van der Waals surface area contributed by atoms with Crippen molar-refractivity contribution in [3.63, 3.8) is 0 Å². The van der Waals surface area contributed by atoms with Crippen LogP contribution in [0.5, 0.6) is 0 Å². The summed E-state index contributed by atoms with van der Waals surface area (Å²) in [7, 11) is 0. The van der Waals surface area contributed by atoms with Crippen LogP contribution < -0.4 is 0 Å². The predicted octanol–water partition coefficient (Wildman–Crippen LogP) is 5.87. The van der Waals surface area contributed by atoms with E-state index in [-0.39, 0.29) is 50.2 Å². The summed E-state index contributed by atoms with van der Waals surface area (Å²) in [5, 5.41) is 9.64. The zero-order chi connectivity index (χ0) is 20.6. The molecular formula is C24H28F2N2Y-2. The van der Waals surface area contributed by atoms with E-state index in [2.05, 4.69) is 31.7 Å². The van der Waals surface area contributed by atoms with Gasteiger partial charge in [-0.3, -0.25) is 11.1 Å². The largest absolute Gasteiger partial charge is 0.862 e.